The van der Waals surface area contributed by atoms with Gasteiger partial charge in [-0.2, -0.15) is 9.13 Å². The van der Waals surface area contributed by atoms with E-state index < -0.39 is 0 Å². The summed E-state index contributed by atoms with van der Waals surface area (Å²) in [7, 11) is 0. The van der Waals surface area contributed by atoms with Crippen molar-refractivity contribution in [1.29, 1.82) is 0 Å². The molecule has 78 valence electrons. The molecule has 2 heteroatoms. The number of nitrogens with zero attached hydrogens (tertiary/aromatic N) is 2. The van der Waals surface area contributed by atoms with Gasteiger partial charge in [0.2, 0.25) is 24.8 Å². The Labute approximate surface area is 87.2 Å². The third-order valence-corrected chi connectivity index (χ3v) is 2.32. The van der Waals surface area contributed by atoms with Crippen molar-refractivity contribution in [3.63, 3.8) is 0 Å². The molecule has 14 heavy (non-hydrogen) atoms. The third kappa shape index (κ3) is 2.53. The quantitative estimate of drug-likeness (QED) is 0.556. The van der Waals surface area contributed by atoms with Crippen LogP contribution >= 0.6 is 0 Å². The Hall–Kier alpha value is -0.920. The van der Waals surface area contributed by atoms with Crippen molar-refractivity contribution < 1.29 is 9.13 Å². The fraction of sp³-hybridized carbons (Fsp3) is 0.667. The summed E-state index contributed by atoms with van der Waals surface area (Å²) in [5.74, 6) is 0. The standard InChI is InChI=1S/C12H22N2/c1-11(2,3)13-7-9-14(10-8-13)12(4,5)6/h7-10H,1-6H3/q+2. The SMILES string of the molecule is CC(C)(C)[n+]1cc[n+](C(C)(C)C)cc1. The Morgan fingerprint density at radius 1 is 0.571 bits per heavy atom. The molecule has 0 atom stereocenters. The maximum Gasteiger partial charge on any atom is 0.233 e. The van der Waals surface area contributed by atoms with Gasteiger partial charge >= 0.3 is 0 Å². The lowest BCUT2D eigenvalue weighted by Gasteiger charge is -2.14. The van der Waals surface area contributed by atoms with Gasteiger partial charge in [0.1, 0.15) is 0 Å². The van der Waals surface area contributed by atoms with Crippen molar-refractivity contribution in [3.05, 3.63) is 24.8 Å². The van der Waals surface area contributed by atoms with E-state index in [-0.39, 0.29) is 11.1 Å². The van der Waals surface area contributed by atoms with Crippen molar-refractivity contribution >= 4 is 0 Å². The van der Waals surface area contributed by atoms with E-state index in [2.05, 4.69) is 75.5 Å². The third-order valence-electron chi connectivity index (χ3n) is 2.32. The predicted molar refractivity (Wildman–Crippen MR) is 56.8 cm³/mol. The topological polar surface area (TPSA) is 7.76 Å². The van der Waals surface area contributed by atoms with Crippen molar-refractivity contribution in [2.75, 3.05) is 0 Å². The first-order chi connectivity index (χ1) is 6.21. The van der Waals surface area contributed by atoms with Gasteiger partial charge in [-0.3, -0.25) is 0 Å². The highest BCUT2D eigenvalue weighted by Crippen LogP contribution is 2.04. The highest BCUT2D eigenvalue weighted by Gasteiger charge is 2.26. The molecule has 0 aliphatic rings. The van der Waals surface area contributed by atoms with Crippen LogP contribution in [0.25, 0.3) is 0 Å². The molecular weight excluding hydrogens is 172 g/mol. The summed E-state index contributed by atoms with van der Waals surface area (Å²) in [6.45, 7) is 13.2. The van der Waals surface area contributed by atoms with E-state index in [1.807, 2.05) is 0 Å². The molecule has 0 saturated heterocycles. The van der Waals surface area contributed by atoms with E-state index in [4.69, 9.17) is 0 Å². The number of rotatable bonds is 0. The fourth-order valence-corrected chi connectivity index (χ4v) is 1.28. The van der Waals surface area contributed by atoms with E-state index in [0.717, 1.165) is 0 Å². The summed E-state index contributed by atoms with van der Waals surface area (Å²) in [4.78, 5) is 0. The number of hydrogen-bond acceptors (Lipinski definition) is 0. The van der Waals surface area contributed by atoms with Crippen LogP contribution in [-0.2, 0) is 11.1 Å². The largest absolute Gasteiger partial charge is 0.233 e. The molecule has 0 bridgehead atoms. The maximum atomic E-state index is 2.22. The Morgan fingerprint density at radius 2 is 0.786 bits per heavy atom. The van der Waals surface area contributed by atoms with Gasteiger partial charge in [0.05, 0.1) is 0 Å². The van der Waals surface area contributed by atoms with Crippen LogP contribution in [0.2, 0.25) is 0 Å². The van der Waals surface area contributed by atoms with E-state index in [1.165, 1.54) is 0 Å². The molecule has 0 spiro atoms. The Bertz CT molecular complexity index is 266. The molecular formula is C12H22N2+2. The van der Waals surface area contributed by atoms with Gasteiger partial charge in [-0.25, -0.2) is 0 Å². The summed E-state index contributed by atoms with van der Waals surface area (Å²) < 4.78 is 4.43. The van der Waals surface area contributed by atoms with Crippen molar-refractivity contribution in [3.8, 4) is 0 Å². The molecule has 0 aromatic carbocycles. The van der Waals surface area contributed by atoms with Crippen molar-refractivity contribution in [2.45, 2.75) is 52.6 Å². The lowest BCUT2D eigenvalue weighted by molar-refractivity contribution is -0.803. The van der Waals surface area contributed by atoms with Gasteiger partial charge in [0, 0.05) is 41.5 Å². The summed E-state index contributed by atoms with van der Waals surface area (Å²) in [6, 6.07) is 0. The summed E-state index contributed by atoms with van der Waals surface area (Å²) in [5, 5.41) is 0. The predicted octanol–water partition coefficient (Wildman–Crippen LogP) is 1.77. The second-order valence-corrected chi connectivity index (χ2v) is 5.75. The lowest BCUT2D eigenvalue weighted by Crippen LogP contribution is -2.56. The molecule has 0 unspecified atom stereocenters. The zero-order chi connectivity index (χ0) is 11.0. The highest BCUT2D eigenvalue weighted by molar-refractivity contribution is 4.62. The van der Waals surface area contributed by atoms with Gasteiger partial charge in [-0.05, 0) is 0 Å². The van der Waals surface area contributed by atoms with Crippen LogP contribution in [0.1, 0.15) is 41.5 Å². The van der Waals surface area contributed by atoms with E-state index in [0.29, 0.717) is 0 Å². The van der Waals surface area contributed by atoms with E-state index in [1.54, 1.807) is 0 Å². The van der Waals surface area contributed by atoms with Crippen LogP contribution in [0.4, 0.5) is 0 Å². The Balaban J connectivity index is 3.02. The zero-order valence-electron chi connectivity index (χ0n) is 10.2. The summed E-state index contributed by atoms with van der Waals surface area (Å²) >= 11 is 0. The fourth-order valence-electron chi connectivity index (χ4n) is 1.28. The van der Waals surface area contributed by atoms with Crippen LogP contribution < -0.4 is 9.13 Å². The molecule has 0 fully saturated rings. The average molecular weight is 194 g/mol. The molecule has 0 amide bonds. The van der Waals surface area contributed by atoms with Gasteiger partial charge in [-0.15, -0.1) is 0 Å². The van der Waals surface area contributed by atoms with Crippen LogP contribution in [0.15, 0.2) is 24.8 Å². The first kappa shape index (κ1) is 11.2. The molecule has 0 aliphatic carbocycles. The van der Waals surface area contributed by atoms with E-state index in [9.17, 15) is 0 Å². The first-order valence-corrected chi connectivity index (χ1v) is 5.15. The molecule has 1 aromatic heterocycles. The minimum atomic E-state index is 0.164. The summed E-state index contributed by atoms with van der Waals surface area (Å²) in [6.07, 6.45) is 8.52. The molecule has 0 aliphatic heterocycles. The van der Waals surface area contributed by atoms with Crippen LogP contribution in [0.5, 0.6) is 0 Å². The van der Waals surface area contributed by atoms with Gasteiger partial charge < -0.3 is 0 Å². The minimum Gasteiger partial charge on any atom is -0.190 e. The van der Waals surface area contributed by atoms with Crippen molar-refractivity contribution in [2.24, 2.45) is 0 Å². The van der Waals surface area contributed by atoms with E-state index >= 15 is 0 Å². The highest BCUT2D eigenvalue weighted by atomic mass is 15.1. The second kappa shape index (κ2) is 3.34. The minimum absolute atomic E-state index is 0.164. The molecule has 1 heterocycles. The molecule has 1 aromatic rings. The zero-order valence-corrected chi connectivity index (χ0v) is 10.2. The normalized spacial score (nSPS) is 13.0. The molecule has 1 rings (SSSR count). The summed E-state index contributed by atoms with van der Waals surface area (Å²) in [5.41, 5.74) is 0.327. The van der Waals surface area contributed by atoms with Crippen molar-refractivity contribution in [1.82, 2.24) is 0 Å². The Morgan fingerprint density at radius 3 is 0.929 bits per heavy atom. The molecule has 0 N–H and O–H groups in total. The maximum absolute atomic E-state index is 2.22. The smallest absolute Gasteiger partial charge is 0.190 e. The van der Waals surface area contributed by atoms with Gasteiger partial charge in [0.25, 0.3) is 0 Å². The number of hydrogen-bond donors (Lipinski definition) is 0. The van der Waals surface area contributed by atoms with Crippen LogP contribution in [-0.4, -0.2) is 0 Å². The first-order valence-electron chi connectivity index (χ1n) is 5.15. The number of aromatic nitrogens is 2. The van der Waals surface area contributed by atoms with Gasteiger partial charge in [-0.1, -0.05) is 0 Å². The molecule has 0 saturated carbocycles. The molecule has 2 nitrogen and oxygen atoms in total. The van der Waals surface area contributed by atoms with Crippen LogP contribution in [0.3, 0.4) is 0 Å². The molecule has 0 radical (unpaired) electrons. The Kier molecular flexibility index (Phi) is 2.66. The monoisotopic (exact) mass is 194 g/mol. The lowest BCUT2D eigenvalue weighted by atomic mass is 10.1. The second-order valence-electron chi connectivity index (χ2n) is 5.75. The average Bonchev–Trinajstić information content (AvgIpc) is 2.01. The van der Waals surface area contributed by atoms with Gasteiger partial charge in [0.15, 0.2) is 11.1 Å². The van der Waals surface area contributed by atoms with Crippen LogP contribution in [0, 0.1) is 0 Å².